The molecule has 0 saturated heterocycles. The van der Waals surface area contributed by atoms with E-state index in [0.29, 0.717) is 18.1 Å². The number of hydrogen-bond donors (Lipinski definition) is 1. The van der Waals surface area contributed by atoms with Crippen molar-refractivity contribution in [1.82, 2.24) is 10.2 Å². The third-order valence-electron chi connectivity index (χ3n) is 3.63. The van der Waals surface area contributed by atoms with E-state index in [1.54, 1.807) is 29.2 Å². The van der Waals surface area contributed by atoms with Crippen LogP contribution in [0.15, 0.2) is 66.7 Å². The molecule has 0 radical (unpaired) electrons. The molecule has 0 atom stereocenters. The van der Waals surface area contributed by atoms with Crippen LogP contribution in [0, 0.1) is 5.82 Å². The van der Waals surface area contributed by atoms with Gasteiger partial charge in [0.15, 0.2) is 11.5 Å². The van der Waals surface area contributed by atoms with Crippen LogP contribution in [0.3, 0.4) is 0 Å². The molecule has 2 aromatic carbocycles. The van der Waals surface area contributed by atoms with E-state index in [-0.39, 0.29) is 17.4 Å². The summed E-state index contributed by atoms with van der Waals surface area (Å²) in [5.74, 6) is -0.0430. The minimum absolute atomic E-state index is 0.213. The molecule has 0 aliphatic rings. The predicted molar refractivity (Wildman–Crippen MR) is 95.5 cm³/mol. The van der Waals surface area contributed by atoms with Crippen molar-refractivity contribution in [1.29, 1.82) is 0 Å². The number of para-hydroxylation sites is 1. The predicted octanol–water partition coefficient (Wildman–Crippen LogP) is 4.03. The molecule has 1 aromatic heterocycles. The van der Waals surface area contributed by atoms with Crippen LogP contribution in [0.2, 0.25) is 0 Å². The monoisotopic (exact) mass is 336 g/mol. The van der Waals surface area contributed by atoms with E-state index in [2.05, 4.69) is 15.5 Å². The number of aromatic nitrogens is 2. The molecule has 0 unspecified atom stereocenters. The maximum Gasteiger partial charge on any atom is 0.278 e. The molecule has 3 rings (SSSR count). The van der Waals surface area contributed by atoms with Crippen LogP contribution in [0.25, 0.3) is 0 Å². The van der Waals surface area contributed by atoms with Gasteiger partial charge in [-0.05, 0) is 55.5 Å². The SMILES string of the molecule is CCN(C(=O)c1ccc(Nc2ccc(F)cc2)nn1)c1ccccc1. The first-order chi connectivity index (χ1) is 12.2. The number of anilines is 3. The van der Waals surface area contributed by atoms with Crippen LogP contribution < -0.4 is 10.2 Å². The molecule has 0 spiro atoms. The van der Waals surface area contributed by atoms with Gasteiger partial charge in [-0.25, -0.2) is 4.39 Å². The van der Waals surface area contributed by atoms with Gasteiger partial charge in [0.2, 0.25) is 0 Å². The van der Waals surface area contributed by atoms with Crippen molar-refractivity contribution in [3.8, 4) is 0 Å². The number of rotatable bonds is 5. The minimum atomic E-state index is -0.307. The molecular formula is C19H17FN4O. The van der Waals surface area contributed by atoms with Crippen molar-refractivity contribution in [2.24, 2.45) is 0 Å². The zero-order valence-electron chi connectivity index (χ0n) is 13.7. The summed E-state index contributed by atoms with van der Waals surface area (Å²) in [6.07, 6.45) is 0. The molecule has 126 valence electrons. The number of benzene rings is 2. The molecule has 0 fully saturated rings. The third-order valence-corrected chi connectivity index (χ3v) is 3.63. The maximum absolute atomic E-state index is 12.9. The van der Waals surface area contributed by atoms with Gasteiger partial charge in [-0.3, -0.25) is 4.79 Å². The molecule has 5 nitrogen and oxygen atoms in total. The van der Waals surface area contributed by atoms with Crippen LogP contribution in [-0.2, 0) is 0 Å². The second kappa shape index (κ2) is 7.53. The zero-order valence-corrected chi connectivity index (χ0v) is 13.7. The molecule has 3 aromatic rings. The second-order valence-electron chi connectivity index (χ2n) is 5.32. The molecule has 0 bridgehead atoms. The quantitative estimate of drug-likeness (QED) is 0.764. The molecule has 6 heteroatoms. The van der Waals surface area contributed by atoms with Crippen molar-refractivity contribution < 1.29 is 9.18 Å². The van der Waals surface area contributed by atoms with Crippen molar-refractivity contribution >= 4 is 23.1 Å². The van der Waals surface area contributed by atoms with Crippen molar-refractivity contribution in [2.75, 3.05) is 16.8 Å². The number of halogens is 1. The molecule has 1 heterocycles. The molecule has 1 amide bonds. The van der Waals surface area contributed by atoms with E-state index in [4.69, 9.17) is 0 Å². The Morgan fingerprint density at radius 2 is 1.72 bits per heavy atom. The Bertz CT molecular complexity index is 836. The molecule has 0 aliphatic heterocycles. The normalized spacial score (nSPS) is 10.3. The lowest BCUT2D eigenvalue weighted by Gasteiger charge is -2.20. The van der Waals surface area contributed by atoms with Gasteiger partial charge in [-0.2, -0.15) is 0 Å². The standard InChI is InChI=1S/C19H17FN4O/c1-2-24(16-6-4-3-5-7-16)19(25)17-12-13-18(23-22-17)21-15-10-8-14(20)9-11-15/h3-13H,2H2,1H3,(H,21,23). The van der Waals surface area contributed by atoms with E-state index in [0.717, 1.165) is 5.69 Å². The summed E-state index contributed by atoms with van der Waals surface area (Å²) < 4.78 is 12.9. The minimum Gasteiger partial charge on any atom is -0.339 e. The summed E-state index contributed by atoms with van der Waals surface area (Å²) in [7, 11) is 0. The topological polar surface area (TPSA) is 58.1 Å². The van der Waals surface area contributed by atoms with Crippen LogP contribution in [0.1, 0.15) is 17.4 Å². The third kappa shape index (κ3) is 3.98. The van der Waals surface area contributed by atoms with Crippen molar-refractivity contribution in [2.45, 2.75) is 6.92 Å². The number of carbonyl (C=O) groups is 1. The summed E-state index contributed by atoms with van der Waals surface area (Å²) in [6, 6.07) is 18.6. The Labute approximate surface area is 145 Å². The average Bonchev–Trinajstić information content (AvgIpc) is 2.66. The van der Waals surface area contributed by atoms with Gasteiger partial charge in [0.1, 0.15) is 5.82 Å². The molecular weight excluding hydrogens is 319 g/mol. The summed E-state index contributed by atoms with van der Waals surface area (Å²) in [5, 5.41) is 11.0. The lowest BCUT2D eigenvalue weighted by Crippen LogP contribution is -2.31. The lowest BCUT2D eigenvalue weighted by molar-refractivity contribution is 0.0982. The van der Waals surface area contributed by atoms with E-state index >= 15 is 0 Å². The summed E-state index contributed by atoms with van der Waals surface area (Å²) in [5.41, 5.74) is 1.76. The average molecular weight is 336 g/mol. The first kappa shape index (κ1) is 16.6. The largest absolute Gasteiger partial charge is 0.339 e. The Hall–Kier alpha value is -3.28. The molecule has 0 saturated carbocycles. The number of hydrogen-bond acceptors (Lipinski definition) is 4. The highest BCUT2D eigenvalue weighted by atomic mass is 19.1. The highest BCUT2D eigenvalue weighted by Crippen LogP contribution is 2.17. The second-order valence-corrected chi connectivity index (χ2v) is 5.32. The molecule has 25 heavy (non-hydrogen) atoms. The maximum atomic E-state index is 12.9. The first-order valence-electron chi connectivity index (χ1n) is 7.90. The fourth-order valence-corrected chi connectivity index (χ4v) is 2.38. The van der Waals surface area contributed by atoms with Crippen LogP contribution in [0.4, 0.5) is 21.6 Å². The van der Waals surface area contributed by atoms with Gasteiger partial charge < -0.3 is 10.2 Å². The number of nitrogens with one attached hydrogen (secondary N) is 1. The van der Waals surface area contributed by atoms with Gasteiger partial charge in [0.25, 0.3) is 5.91 Å². The van der Waals surface area contributed by atoms with Gasteiger partial charge in [-0.15, -0.1) is 10.2 Å². The van der Waals surface area contributed by atoms with Crippen LogP contribution in [0.5, 0.6) is 0 Å². The zero-order chi connectivity index (χ0) is 17.6. The smallest absolute Gasteiger partial charge is 0.278 e. The Morgan fingerprint density at radius 1 is 1.00 bits per heavy atom. The highest BCUT2D eigenvalue weighted by molar-refractivity contribution is 6.04. The summed E-state index contributed by atoms with van der Waals surface area (Å²) in [4.78, 5) is 14.3. The number of carbonyl (C=O) groups excluding carboxylic acids is 1. The van der Waals surface area contributed by atoms with Gasteiger partial charge in [0.05, 0.1) is 0 Å². The van der Waals surface area contributed by atoms with Gasteiger partial charge in [-0.1, -0.05) is 18.2 Å². The molecule has 0 aliphatic carbocycles. The van der Waals surface area contributed by atoms with Crippen molar-refractivity contribution in [3.63, 3.8) is 0 Å². The van der Waals surface area contributed by atoms with Crippen LogP contribution >= 0.6 is 0 Å². The van der Waals surface area contributed by atoms with E-state index in [9.17, 15) is 9.18 Å². The Kier molecular flexibility index (Phi) is 4.99. The fraction of sp³-hybridized carbons (Fsp3) is 0.105. The van der Waals surface area contributed by atoms with Gasteiger partial charge in [0, 0.05) is 17.9 Å². The summed E-state index contributed by atoms with van der Waals surface area (Å²) in [6.45, 7) is 2.43. The Balaban J connectivity index is 1.74. The van der Waals surface area contributed by atoms with Crippen LogP contribution in [-0.4, -0.2) is 22.6 Å². The van der Waals surface area contributed by atoms with Crippen molar-refractivity contribution in [3.05, 3.63) is 78.2 Å². The lowest BCUT2D eigenvalue weighted by atomic mass is 10.2. The number of amides is 1. The van der Waals surface area contributed by atoms with Gasteiger partial charge >= 0.3 is 0 Å². The van der Waals surface area contributed by atoms with E-state index in [1.807, 2.05) is 37.3 Å². The Morgan fingerprint density at radius 3 is 2.32 bits per heavy atom. The highest BCUT2D eigenvalue weighted by Gasteiger charge is 2.17. The van der Waals surface area contributed by atoms with E-state index in [1.165, 1.54) is 12.1 Å². The fourth-order valence-electron chi connectivity index (χ4n) is 2.38. The first-order valence-corrected chi connectivity index (χ1v) is 7.90. The van der Waals surface area contributed by atoms with E-state index < -0.39 is 0 Å². The summed E-state index contributed by atoms with van der Waals surface area (Å²) >= 11 is 0. The molecule has 1 N–H and O–H groups in total. The number of nitrogens with zero attached hydrogens (tertiary/aromatic N) is 3.